The molecule has 3 rings (SSSR count). The van der Waals surface area contributed by atoms with Crippen molar-refractivity contribution in [3.8, 4) is 0 Å². The summed E-state index contributed by atoms with van der Waals surface area (Å²) >= 11 is 13.3. The summed E-state index contributed by atoms with van der Waals surface area (Å²) in [5.74, 6) is 0.252. The Morgan fingerprint density at radius 3 is 2.55 bits per heavy atom. The van der Waals surface area contributed by atoms with Crippen molar-refractivity contribution in [1.29, 1.82) is 0 Å². The first kappa shape index (κ1) is 23.1. The smallest absolute Gasteiger partial charge is 0.251 e. The van der Waals surface area contributed by atoms with E-state index in [0.29, 0.717) is 32.3 Å². The summed E-state index contributed by atoms with van der Waals surface area (Å²) in [6.07, 6.45) is 0. The lowest BCUT2D eigenvalue weighted by molar-refractivity contribution is -0.113. The highest BCUT2D eigenvalue weighted by Crippen LogP contribution is 2.29. The summed E-state index contributed by atoms with van der Waals surface area (Å²) in [5.41, 5.74) is 2.11. The van der Waals surface area contributed by atoms with E-state index in [2.05, 4.69) is 20.8 Å². The molecule has 1 atom stereocenters. The maximum atomic E-state index is 12.5. The topological polar surface area (TPSA) is 88.9 Å². The number of benzene rings is 2. The number of thioether (sulfide) groups is 1. The highest BCUT2D eigenvalue weighted by Gasteiger charge is 2.19. The zero-order chi connectivity index (χ0) is 22.5. The molecule has 31 heavy (non-hydrogen) atoms. The molecule has 0 unspecified atom stereocenters. The average molecular weight is 478 g/mol. The van der Waals surface area contributed by atoms with Gasteiger partial charge in [-0.05, 0) is 38.1 Å². The molecule has 0 aliphatic carbocycles. The Balaban J connectivity index is 1.59. The van der Waals surface area contributed by atoms with Crippen LogP contribution in [0.2, 0.25) is 10.0 Å². The first-order valence-corrected chi connectivity index (χ1v) is 11.1. The van der Waals surface area contributed by atoms with Gasteiger partial charge in [0, 0.05) is 12.6 Å². The van der Waals surface area contributed by atoms with E-state index in [0.717, 1.165) is 5.56 Å². The van der Waals surface area contributed by atoms with Gasteiger partial charge < -0.3 is 15.2 Å². The second-order valence-corrected chi connectivity index (χ2v) is 8.63. The zero-order valence-corrected chi connectivity index (χ0v) is 19.5. The molecule has 0 aliphatic rings. The van der Waals surface area contributed by atoms with Crippen molar-refractivity contribution in [3.63, 3.8) is 0 Å². The van der Waals surface area contributed by atoms with Gasteiger partial charge in [-0.1, -0.05) is 58.7 Å². The van der Waals surface area contributed by atoms with Crippen molar-refractivity contribution in [3.05, 3.63) is 69.5 Å². The van der Waals surface area contributed by atoms with Crippen molar-refractivity contribution in [2.45, 2.75) is 25.0 Å². The Hall–Kier alpha value is -2.55. The van der Waals surface area contributed by atoms with Gasteiger partial charge in [-0.15, -0.1) is 10.2 Å². The Morgan fingerprint density at radius 2 is 1.84 bits per heavy atom. The number of rotatable bonds is 7. The van der Waals surface area contributed by atoms with Crippen LogP contribution in [0.5, 0.6) is 0 Å². The highest BCUT2D eigenvalue weighted by atomic mass is 35.5. The molecule has 7 nitrogen and oxygen atoms in total. The number of aromatic nitrogens is 3. The zero-order valence-electron chi connectivity index (χ0n) is 17.1. The van der Waals surface area contributed by atoms with Crippen molar-refractivity contribution in [2.75, 3.05) is 11.1 Å². The SMILES string of the molecule is Cc1ccc(C(=O)N[C@H](C)c2nnc(SCC(=O)Nc3cccc(Cl)c3Cl)n2C)cc1. The minimum atomic E-state index is -0.361. The molecule has 0 aliphatic heterocycles. The van der Waals surface area contributed by atoms with Gasteiger partial charge >= 0.3 is 0 Å². The second-order valence-electron chi connectivity index (χ2n) is 6.90. The fourth-order valence-electron chi connectivity index (χ4n) is 2.80. The van der Waals surface area contributed by atoms with E-state index >= 15 is 0 Å². The largest absolute Gasteiger partial charge is 0.342 e. The quantitative estimate of drug-likeness (QED) is 0.483. The Kier molecular flexibility index (Phi) is 7.59. The van der Waals surface area contributed by atoms with Crippen molar-refractivity contribution < 1.29 is 9.59 Å². The molecule has 162 valence electrons. The van der Waals surface area contributed by atoms with E-state index in [1.54, 1.807) is 41.9 Å². The third-order valence-electron chi connectivity index (χ3n) is 4.48. The van der Waals surface area contributed by atoms with Gasteiger partial charge in [-0.25, -0.2) is 0 Å². The fraction of sp³-hybridized carbons (Fsp3) is 0.238. The minimum Gasteiger partial charge on any atom is -0.342 e. The number of amides is 2. The molecule has 1 heterocycles. The molecule has 2 amide bonds. The molecular formula is C21H21Cl2N5O2S. The summed E-state index contributed by atoms with van der Waals surface area (Å²) in [6.45, 7) is 3.80. The molecule has 0 fully saturated rings. The first-order valence-electron chi connectivity index (χ1n) is 9.39. The summed E-state index contributed by atoms with van der Waals surface area (Å²) in [5, 5.41) is 15.2. The summed E-state index contributed by atoms with van der Waals surface area (Å²) < 4.78 is 1.75. The number of nitrogens with zero attached hydrogens (tertiary/aromatic N) is 3. The summed E-state index contributed by atoms with van der Waals surface area (Å²) in [7, 11) is 1.79. The molecule has 0 saturated carbocycles. The molecule has 0 bridgehead atoms. The maximum absolute atomic E-state index is 12.5. The number of hydrogen-bond acceptors (Lipinski definition) is 5. The van der Waals surface area contributed by atoms with Gasteiger partial charge in [0.15, 0.2) is 11.0 Å². The minimum absolute atomic E-state index is 0.110. The van der Waals surface area contributed by atoms with Crippen LogP contribution in [0.1, 0.15) is 34.7 Å². The van der Waals surface area contributed by atoms with Crippen LogP contribution in [0.15, 0.2) is 47.6 Å². The Morgan fingerprint density at radius 1 is 1.13 bits per heavy atom. The Bertz CT molecular complexity index is 1100. The maximum Gasteiger partial charge on any atom is 0.251 e. The predicted octanol–water partition coefficient (Wildman–Crippen LogP) is 4.65. The van der Waals surface area contributed by atoms with E-state index in [4.69, 9.17) is 23.2 Å². The number of aryl methyl sites for hydroxylation is 1. The number of nitrogens with one attached hydrogen (secondary N) is 2. The van der Waals surface area contributed by atoms with E-state index in [9.17, 15) is 9.59 Å². The number of carbonyl (C=O) groups excluding carboxylic acids is 2. The van der Waals surface area contributed by atoms with Crippen LogP contribution in [0.4, 0.5) is 5.69 Å². The molecular weight excluding hydrogens is 457 g/mol. The lowest BCUT2D eigenvalue weighted by Crippen LogP contribution is -2.28. The molecule has 3 aromatic rings. The van der Waals surface area contributed by atoms with Gasteiger partial charge in [0.25, 0.3) is 5.91 Å². The van der Waals surface area contributed by atoms with Crippen molar-refractivity contribution in [1.82, 2.24) is 20.1 Å². The van der Waals surface area contributed by atoms with Crippen LogP contribution < -0.4 is 10.6 Å². The molecule has 2 aromatic carbocycles. The van der Waals surface area contributed by atoms with Crippen LogP contribution in [0.3, 0.4) is 0 Å². The van der Waals surface area contributed by atoms with E-state index in [-0.39, 0.29) is 23.6 Å². The third-order valence-corrected chi connectivity index (χ3v) is 6.31. The van der Waals surface area contributed by atoms with E-state index < -0.39 is 0 Å². The van der Waals surface area contributed by atoms with Gasteiger partial charge in [-0.2, -0.15) is 0 Å². The Labute approximate surface area is 194 Å². The number of halogens is 2. The number of hydrogen-bond donors (Lipinski definition) is 2. The lowest BCUT2D eigenvalue weighted by Gasteiger charge is -2.14. The summed E-state index contributed by atoms with van der Waals surface area (Å²) in [6, 6.07) is 12.0. The number of carbonyl (C=O) groups is 2. The van der Waals surface area contributed by atoms with Crippen LogP contribution in [-0.2, 0) is 11.8 Å². The van der Waals surface area contributed by atoms with Crippen LogP contribution in [0, 0.1) is 6.92 Å². The van der Waals surface area contributed by atoms with Crippen molar-refractivity contribution in [2.24, 2.45) is 7.05 Å². The van der Waals surface area contributed by atoms with E-state index in [1.165, 1.54) is 11.8 Å². The predicted molar refractivity (Wildman–Crippen MR) is 124 cm³/mol. The van der Waals surface area contributed by atoms with Gasteiger partial charge in [0.2, 0.25) is 5.91 Å². The van der Waals surface area contributed by atoms with E-state index in [1.807, 2.05) is 26.0 Å². The molecule has 0 saturated heterocycles. The lowest BCUT2D eigenvalue weighted by atomic mass is 10.1. The summed E-state index contributed by atoms with van der Waals surface area (Å²) in [4.78, 5) is 24.7. The normalized spacial score (nSPS) is 11.8. The molecule has 2 N–H and O–H groups in total. The standard InChI is InChI=1S/C21H21Cl2N5O2S/c1-12-7-9-14(10-8-12)20(30)24-13(2)19-26-27-21(28(19)3)31-11-17(29)25-16-6-4-5-15(22)18(16)23/h4-10,13H,11H2,1-3H3,(H,24,30)(H,25,29)/t13-/m1/s1. The highest BCUT2D eigenvalue weighted by molar-refractivity contribution is 7.99. The van der Waals surface area contributed by atoms with Gasteiger partial charge in [-0.3, -0.25) is 9.59 Å². The monoisotopic (exact) mass is 477 g/mol. The van der Waals surface area contributed by atoms with Crippen LogP contribution >= 0.6 is 35.0 Å². The van der Waals surface area contributed by atoms with Gasteiger partial charge in [0.05, 0.1) is 27.5 Å². The average Bonchev–Trinajstić information content (AvgIpc) is 3.11. The van der Waals surface area contributed by atoms with Crippen LogP contribution in [-0.4, -0.2) is 32.3 Å². The second kappa shape index (κ2) is 10.2. The van der Waals surface area contributed by atoms with Gasteiger partial charge in [0.1, 0.15) is 0 Å². The fourth-order valence-corrected chi connectivity index (χ4v) is 3.86. The molecule has 10 heteroatoms. The molecule has 0 spiro atoms. The molecule has 0 radical (unpaired) electrons. The first-order chi connectivity index (χ1) is 14.8. The van der Waals surface area contributed by atoms with Crippen LogP contribution in [0.25, 0.3) is 0 Å². The molecule has 1 aromatic heterocycles. The van der Waals surface area contributed by atoms with Crippen molar-refractivity contribution >= 4 is 52.5 Å². The third kappa shape index (κ3) is 5.78. The number of anilines is 1.